The van der Waals surface area contributed by atoms with Gasteiger partial charge in [-0.05, 0) is 66.7 Å². The molecular formula is C20H44N2O2P2. The zero-order chi connectivity index (χ0) is 20.1. The van der Waals surface area contributed by atoms with E-state index in [2.05, 4.69) is 50.4 Å². The molecule has 4 aliphatic heterocycles. The predicted octanol–water partition coefficient (Wildman–Crippen LogP) is 6.46. The van der Waals surface area contributed by atoms with Crippen molar-refractivity contribution in [2.75, 3.05) is 26.4 Å². The second-order valence-electron chi connectivity index (χ2n) is 7.96. The Balaban J connectivity index is 0.000000219. The van der Waals surface area contributed by atoms with Crippen LogP contribution in [-0.2, 0) is 9.05 Å². The molecule has 0 radical (unpaired) electrons. The molecule has 4 rings (SSSR count). The zero-order valence-electron chi connectivity index (χ0n) is 19.0. The van der Waals surface area contributed by atoms with Gasteiger partial charge in [0.25, 0.3) is 0 Å². The summed E-state index contributed by atoms with van der Waals surface area (Å²) in [6, 6.07) is 1.41. The fraction of sp³-hybridized carbons (Fsp3) is 1.00. The molecule has 0 N–H and O–H groups in total. The highest BCUT2D eigenvalue weighted by atomic mass is 31.2. The lowest BCUT2D eigenvalue weighted by Gasteiger charge is -2.23. The van der Waals surface area contributed by atoms with Gasteiger partial charge in [0.05, 0.1) is 11.2 Å². The molecule has 26 heavy (non-hydrogen) atoms. The fourth-order valence-electron chi connectivity index (χ4n) is 4.50. The highest BCUT2D eigenvalue weighted by molar-refractivity contribution is 7.49. The molecule has 0 spiro atoms. The summed E-state index contributed by atoms with van der Waals surface area (Å²) >= 11 is 0. The van der Waals surface area contributed by atoms with Gasteiger partial charge in [-0.1, -0.05) is 27.7 Å². The first-order chi connectivity index (χ1) is 12.2. The van der Waals surface area contributed by atoms with Crippen LogP contribution in [0.3, 0.4) is 0 Å². The number of nitrogens with zero attached hydrogens (tertiary/aromatic N) is 2. The standard InChI is InChI=1S/2C8H16NOP.2C2H6/c2*1-8(2)7-5-4-6-9(7)11(3)10-8;2*1-2/h2*7H,4-6H2,1-3H3;2*1-2H3/t7-,11+;7-,11-;;/m10../s1. The minimum absolute atomic E-state index is 0.122. The van der Waals surface area contributed by atoms with Gasteiger partial charge in [-0.25, -0.2) is 0 Å². The molecule has 156 valence electrons. The Bertz CT molecular complexity index is 383. The van der Waals surface area contributed by atoms with Crippen molar-refractivity contribution in [3.63, 3.8) is 0 Å². The molecule has 4 atom stereocenters. The minimum atomic E-state index is -0.260. The maximum Gasteiger partial charge on any atom is 0.102 e. The van der Waals surface area contributed by atoms with Crippen molar-refractivity contribution in [2.45, 2.75) is 104 Å². The highest BCUT2D eigenvalue weighted by Crippen LogP contribution is 2.57. The lowest BCUT2D eigenvalue weighted by atomic mass is 9.98. The Kier molecular flexibility index (Phi) is 9.96. The summed E-state index contributed by atoms with van der Waals surface area (Å²) in [6.07, 6.45) is 5.40. The molecule has 0 aromatic heterocycles. The van der Waals surface area contributed by atoms with Gasteiger partial charge < -0.3 is 9.05 Å². The molecule has 4 fully saturated rings. The summed E-state index contributed by atoms with van der Waals surface area (Å²) in [6.45, 7) is 23.9. The molecule has 4 aliphatic rings. The van der Waals surface area contributed by atoms with Crippen LogP contribution < -0.4 is 0 Å². The van der Waals surface area contributed by atoms with E-state index in [1.54, 1.807) is 0 Å². The van der Waals surface area contributed by atoms with Gasteiger partial charge in [0.1, 0.15) is 16.6 Å². The van der Waals surface area contributed by atoms with E-state index in [1.165, 1.54) is 38.8 Å². The number of hydrogen-bond acceptors (Lipinski definition) is 4. The van der Waals surface area contributed by atoms with E-state index < -0.39 is 0 Å². The molecule has 0 aliphatic carbocycles. The largest absolute Gasteiger partial charge is 0.336 e. The van der Waals surface area contributed by atoms with Gasteiger partial charge >= 0.3 is 0 Å². The Morgan fingerprint density at radius 1 is 0.692 bits per heavy atom. The van der Waals surface area contributed by atoms with E-state index in [0.717, 1.165) is 0 Å². The topological polar surface area (TPSA) is 24.9 Å². The fourth-order valence-corrected chi connectivity index (χ4v) is 8.73. The summed E-state index contributed by atoms with van der Waals surface area (Å²) in [5.41, 5.74) is 0.244. The molecule has 0 bridgehead atoms. The van der Waals surface area contributed by atoms with Crippen molar-refractivity contribution in [3.05, 3.63) is 0 Å². The van der Waals surface area contributed by atoms with Crippen molar-refractivity contribution in [2.24, 2.45) is 0 Å². The lowest BCUT2D eigenvalue weighted by Crippen LogP contribution is -2.35. The zero-order valence-corrected chi connectivity index (χ0v) is 20.8. The van der Waals surface area contributed by atoms with Gasteiger partial charge in [-0.2, -0.15) is 0 Å². The van der Waals surface area contributed by atoms with Crippen LogP contribution in [-0.4, -0.2) is 59.0 Å². The van der Waals surface area contributed by atoms with Crippen molar-refractivity contribution in [3.8, 4) is 0 Å². The van der Waals surface area contributed by atoms with Crippen LogP contribution in [0.1, 0.15) is 81.1 Å². The molecule has 6 heteroatoms. The number of fused-ring (bicyclic) bond motifs is 2. The van der Waals surface area contributed by atoms with Crippen molar-refractivity contribution in [1.29, 1.82) is 0 Å². The van der Waals surface area contributed by atoms with Crippen molar-refractivity contribution < 1.29 is 9.05 Å². The molecular weight excluding hydrogens is 362 g/mol. The lowest BCUT2D eigenvalue weighted by molar-refractivity contribution is 0.112. The average Bonchev–Trinajstić information content (AvgIpc) is 3.33. The summed E-state index contributed by atoms with van der Waals surface area (Å²) in [4.78, 5) is 0. The van der Waals surface area contributed by atoms with E-state index >= 15 is 0 Å². The maximum atomic E-state index is 5.91. The monoisotopic (exact) mass is 406 g/mol. The summed E-state index contributed by atoms with van der Waals surface area (Å²) < 4.78 is 16.9. The van der Waals surface area contributed by atoms with Gasteiger partial charge in [0.2, 0.25) is 0 Å². The number of rotatable bonds is 0. The maximum absolute atomic E-state index is 5.91. The van der Waals surface area contributed by atoms with Gasteiger partial charge in [0, 0.05) is 25.2 Å². The Hall–Kier alpha value is 0.700. The average molecular weight is 407 g/mol. The summed E-state index contributed by atoms with van der Waals surface area (Å²) in [7, 11) is -0.520. The first-order valence-electron chi connectivity index (χ1n) is 10.6. The van der Waals surface area contributed by atoms with Gasteiger partial charge in [-0.3, -0.25) is 9.34 Å². The van der Waals surface area contributed by atoms with Crippen LogP contribution in [0.25, 0.3) is 0 Å². The molecule has 4 nitrogen and oxygen atoms in total. The minimum Gasteiger partial charge on any atom is -0.336 e. The third-order valence-electron chi connectivity index (χ3n) is 5.51. The SMILES string of the molecule is CC.CC.C[P@]1OC(C)(C)[C@@H]2CCCN21.C[P@]1OC(C)(C)[C@H]2CCCN21. The highest BCUT2D eigenvalue weighted by Gasteiger charge is 2.49. The molecule has 0 saturated carbocycles. The van der Waals surface area contributed by atoms with Crippen LogP contribution in [0.4, 0.5) is 0 Å². The third-order valence-corrected chi connectivity index (χ3v) is 9.39. The van der Waals surface area contributed by atoms with Crippen LogP contribution in [0.15, 0.2) is 0 Å². The molecule has 0 aromatic carbocycles. The van der Waals surface area contributed by atoms with Crippen LogP contribution in [0, 0.1) is 0 Å². The Morgan fingerprint density at radius 2 is 1.00 bits per heavy atom. The van der Waals surface area contributed by atoms with E-state index in [-0.39, 0.29) is 27.8 Å². The van der Waals surface area contributed by atoms with E-state index in [1.807, 2.05) is 27.7 Å². The molecule has 0 unspecified atom stereocenters. The van der Waals surface area contributed by atoms with Crippen LogP contribution in [0.5, 0.6) is 0 Å². The van der Waals surface area contributed by atoms with E-state index in [4.69, 9.17) is 9.05 Å². The van der Waals surface area contributed by atoms with Crippen LogP contribution in [0.2, 0.25) is 0 Å². The normalized spacial score (nSPS) is 36.7. The van der Waals surface area contributed by atoms with Crippen LogP contribution >= 0.6 is 16.6 Å². The van der Waals surface area contributed by atoms with Gasteiger partial charge in [-0.15, -0.1) is 0 Å². The molecule has 0 amide bonds. The Morgan fingerprint density at radius 3 is 1.27 bits per heavy atom. The molecule has 4 saturated heterocycles. The van der Waals surface area contributed by atoms with Crippen molar-refractivity contribution in [1.82, 2.24) is 9.34 Å². The van der Waals surface area contributed by atoms with Crippen molar-refractivity contribution >= 4 is 16.6 Å². The van der Waals surface area contributed by atoms with E-state index in [0.29, 0.717) is 12.1 Å². The summed E-state index contributed by atoms with van der Waals surface area (Å²) in [5, 5.41) is 0. The molecule has 0 aromatic rings. The number of hydrogen-bond donors (Lipinski definition) is 0. The quantitative estimate of drug-likeness (QED) is 0.431. The molecule has 4 heterocycles. The first kappa shape index (κ1) is 24.7. The third kappa shape index (κ3) is 5.40. The second kappa shape index (κ2) is 10.5. The Labute approximate surface area is 166 Å². The summed E-state index contributed by atoms with van der Waals surface area (Å²) in [5.74, 6) is 0. The first-order valence-corrected chi connectivity index (χ1v) is 13.9. The van der Waals surface area contributed by atoms with E-state index in [9.17, 15) is 0 Å². The van der Waals surface area contributed by atoms with Gasteiger partial charge in [0.15, 0.2) is 0 Å². The predicted molar refractivity (Wildman–Crippen MR) is 118 cm³/mol. The smallest absolute Gasteiger partial charge is 0.102 e. The second-order valence-corrected chi connectivity index (χ2v) is 11.2.